The maximum atomic E-state index is 13.2. The van der Waals surface area contributed by atoms with E-state index in [9.17, 15) is 18.0 Å². The van der Waals surface area contributed by atoms with Crippen molar-refractivity contribution in [2.75, 3.05) is 19.6 Å². The molecule has 1 unspecified atom stereocenters. The number of hydrogen-bond donors (Lipinski definition) is 2. The van der Waals surface area contributed by atoms with Crippen LogP contribution in [0.5, 0.6) is 0 Å². The minimum absolute atomic E-state index is 0.119. The normalized spacial score (nSPS) is 17.1. The van der Waals surface area contributed by atoms with E-state index in [0.717, 1.165) is 12.0 Å². The van der Waals surface area contributed by atoms with Crippen LogP contribution in [0.15, 0.2) is 66.1 Å². The minimum atomic E-state index is -3.75. The second kappa shape index (κ2) is 11.4. The maximum absolute atomic E-state index is 13.2. The number of nitrogens with zero attached hydrogens (tertiary/aromatic N) is 1. The molecule has 0 aliphatic carbocycles. The number of rotatable bonds is 8. The first kappa shape index (κ1) is 25.0. The summed E-state index contributed by atoms with van der Waals surface area (Å²) < 4.78 is 27.7. The molecule has 3 rings (SSSR count). The number of amides is 2. The van der Waals surface area contributed by atoms with Crippen molar-refractivity contribution in [3.8, 4) is 0 Å². The van der Waals surface area contributed by atoms with Crippen LogP contribution >= 0.6 is 11.6 Å². The predicted molar refractivity (Wildman–Crippen MR) is 129 cm³/mol. The molecule has 1 atom stereocenters. The number of carbonyl (C=O) groups excluding carboxylic acids is 2. The molecular weight excluding hydrogens is 462 g/mol. The van der Waals surface area contributed by atoms with Crippen molar-refractivity contribution in [1.29, 1.82) is 0 Å². The molecule has 1 saturated heterocycles. The molecule has 0 saturated carbocycles. The van der Waals surface area contributed by atoms with Crippen LogP contribution < -0.4 is 10.6 Å². The van der Waals surface area contributed by atoms with Gasteiger partial charge in [-0.05, 0) is 67.3 Å². The third kappa shape index (κ3) is 6.90. The van der Waals surface area contributed by atoms with Crippen LogP contribution in [-0.2, 0) is 21.2 Å². The second-order valence-corrected chi connectivity index (χ2v) is 10.3. The SMILES string of the molecule is C=CC(=O)NC1CCCCN(S(=O)(=O)c2ccc(C(=O)NCCc3cccc(Cl)c3)cc2)C1. The molecule has 2 amide bonds. The van der Waals surface area contributed by atoms with Gasteiger partial charge in [0.15, 0.2) is 0 Å². The molecule has 1 aliphatic rings. The lowest BCUT2D eigenvalue weighted by molar-refractivity contribution is -0.117. The summed E-state index contributed by atoms with van der Waals surface area (Å²) in [7, 11) is -3.75. The first-order chi connectivity index (χ1) is 15.8. The summed E-state index contributed by atoms with van der Waals surface area (Å²) in [5.41, 5.74) is 1.40. The number of sulfonamides is 1. The molecule has 0 radical (unpaired) electrons. The summed E-state index contributed by atoms with van der Waals surface area (Å²) in [5.74, 6) is -0.590. The summed E-state index contributed by atoms with van der Waals surface area (Å²) in [6, 6.07) is 13.1. The number of benzene rings is 2. The van der Waals surface area contributed by atoms with Crippen LogP contribution in [0.4, 0.5) is 0 Å². The van der Waals surface area contributed by atoms with Crippen LogP contribution in [0.25, 0.3) is 0 Å². The fourth-order valence-electron chi connectivity index (χ4n) is 3.75. The van der Waals surface area contributed by atoms with Gasteiger partial charge in [0.25, 0.3) is 5.91 Å². The van der Waals surface area contributed by atoms with Gasteiger partial charge < -0.3 is 10.6 Å². The van der Waals surface area contributed by atoms with Crippen molar-refractivity contribution in [2.24, 2.45) is 0 Å². The molecule has 1 heterocycles. The zero-order valence-corrected chi connectivity index (χ0v) is 19.9. The van der Waals surface area contributed by atoms with E-state index in [4.69, 9.17) is 11.6 Å². The average molecular weight is 490 g/mol. The van der Waals surface area contributed by atoms with Crippen molar-refractivity contribution < 1.29 is 18.0 Å². The van der Waals surface area contributed by atoms with E-state index in [2.05, 4.69) is 17.2 Å². The van der Waals surface area contributed by atoms with E-state index in [1.807, 2.05) is 18.2 Å². The van der Waals surface area contributed by atoms with Crippen LogP contribution in [0.3, 0.4) is 0 Å². The first-order valence-corrected chi connectivity index (χ1v) is 12.7. The molecule has 7 nitrogen and oxygen atoms in total. The highest BCUT2D eigenvalue weighted by molar-refractivity contribution is 7.89. The highest BCUT2D eigenvalue weighted by atomic mass is 35.5. The lowest BCUT2D eigenvalue weighted by Crippen LogP contribution is -2.44. The number of halogens is 1. The van der Waals surface area contributed by atoms with Gasteiger partial charge in [0.2, 0.25) is 15.9 Å². The van der Waals surface area contributed by atoms with Gasteiger partial charge >= 0.3 is 0 Å². The Labute approximate surface area is 199 Å². The van der Waals surface area contributed by atoms with Crippen molar-refractivity contribution in [2.45, 2.75) is 36.6 Å². The molecule has 176 valence electrons. The highest BCUT2D eigenvalue weighted by Gasteiger charge is 2.29. The third-order valence-electron chi connectivity index (χ3n) is 5.51. The Balaban J connectivity index is 1.61. The first-order valence-electron chi connectivity index (χ1n) is 10.9. The second-order valence-electron chi connectivity index (χ2n) is 7.93. The molecule has 2 aromatic carbocycles. The lowest BCUT2D eigenvalue weighted by atomic mass is 10.1. The predicted octanol–water partition coefficient (Wildman–Crippen LogP) is 3.16. The molecule has 0 bridgehead atoms. The minimum Gasteiger partial charge on any atom is -0.352 e. The molecule has 0 spiro atoms. The molecule has 33 heavy (non-hydrogen) atoms. The van der Waals surface area contributed by atoms with Gasteiger partial charge in [0.1, 0.15) is 0 Å². The van der Waals surface area contributed by atoms with Gasteiger partial charge in [0, 0.05) is 36.3 Å². The standard InChI is InChI=1S/C24H28ClN3O4S/c1-2-23(29)27-21-8-3-4-15-28(17-21)33(31,32)22-11-9-19(10-12-22)24(30)26-14-13-18-6-5-7-20(25)16-18/h2,5-7,9-12,16,21H,1,3-4,8,13-15,17H2,(H,26,30)(H,27,29). The van der Waals surface area contributed by atoms with Crippen LogP contribution in [0.2, 0.25) is 5.02 Å². The molecule has 1 aliphatic heterocycles. The van der Waals surface area contributed by atoms with Gasteiger partial charge in [-0.1, -0.05) is 36.7 Å². The summed E-state index contributed by atoms with van der Waals surface area (Å²) in [6.45, 7) is 4.46. The van der Waals surface area contributed by atoms with E-state index < -0.39 is 10.0 Å². The monoisotopic (exact) mass is 489 g/mol. The highest BCUT2D eigenvalue weighted by Crippen LogP contribution is 2.21. The Hall–Kier alpha value is -2.68. The largest absolute Gasteiger partial charge is 0.352 e. The van der Waals surface area contributed by atoms with Crippen molar-refractivity contribution in [3.05, 3.63) is 77.3 Å². The van der Waals surface area contributed by atoms with Gasteiger partial charge in [-0.25, -0.2) is 8.42 Å². The Morgan fingerprint density at radius 3 is 2.61 bits per heavy atom. The van der Waals surface area contributed by atoms with Crippen molar-refractivity contribution >= 4 is 33.4 Å². The maximum Gasteiger partial charge on any atom is 0.251 e. The van der Waals surface area contributed by atoms with Crippen molar-refractivity contribution in [3.63, 3.8) is 0 Å². The quantitative estimate of drug-likeness (QED) is 0.557. The smallest absolute Gasteiger partial charge is 0.251 e. The van der Waals surface area contributed by atoms with E-state index in [-0.39, 0.29) is 29.3 Å². The van der Waals surface area contributed by atoms with Gasteiger partial charge in [0.05, 0.1) is 4.90 Å². The zero-order chi connectivity index (χ0) is 23.8. The van der Waals surface area contributed by atoms with Crippen LogP contribution in [0, 0.1) is 0 Å². The zero-order valence-electron chi connectivity index (χ0n) is 18.3. The Kier molecular flexibility index (Phi) is 8.66. The van der Waals surface area contributed by atoms with Crippen molar-refractivity contribution in [1.82, 2.24) is 14.9 Å². The number of hydrogen-bond acceptors (Lipinski definition) is 4. The van der Waals surface area contributed by atoms with Gasteiger partial charge in [-0.15, -0.1) is 0 Å². The molecule has 1 fully saturated rings. The van der Waals surface area contributed by atoms with Gasteiger partial charge in [-0.2, -0.15) is 4.31 Å². The molecule has 2 aromatic rings. The summed E-state index contributed by atoms with van der Waals surface area (Å²) in [5, 5.41) is 6.28. The topological polar surface area (TPSA) is 95.6 Å². The van der Waals surface area contributed by atoms with E-state index in [0.29, 0.717) is 42.9 Å². The lowest BCUT2D eigenvalue weighted by Gasteiger charge is -2.24. The van der Waals surface area contributed by atoms with Gasteiger partial charge in [-0.3, -0.25) is 9.59 Å². The van der Waals surface area contributed by atoms with E-state index in [1.54, 1.807) is 6.07 Å². The Morgan fingerprint density at radius 1 is 1.15 bits per heavy atom. The van der Waals surface area contributed by atoms with E-state index in [1.165, 1.54) is 34.6 Å². The Morgan fingerprint density at radius 2 is 1.91 bits per heavy atom. The fourth-order valence-corrected chi connectivity index (χ4v) is 5.48. The molecule has 2 N–H and O–H groups in total. The van der Waals surface area contributed by atoms with E-state index >= 15 is 0 Å². The molecule has 0 aromatic heterocycles. The Bertz CT molecular complexity index is 1100. The number of nitrogens with one attached hydrogen (secondary N) is 2. The van der Waals surface area contributed by atoms with Crippen LogP contribution in [-0.4, -0.2) is 50.2 Å². The summed E-state index contributed by atoms with van der Waals surface area (Å²) >= 11 is 5.97. The number of carbonyl (C=O) groups is 2. The fraction of sp³-hybridized carbons (Fsp3) is 0.333. The van der Waals surface area contributed by atoms with Crippen LogP contribution in [0.1, 0.15) is 35.2 Å². The summed E-state index contributed by atoms with van der Waals surface area (Å²) in [4.78, 5) is 24.2. The molecule has 9 heteroatoms. The summed E-state index contributed by atoms with van der Waals surface area (Å²) in [6.07, 6.45) is 4.06. The molecular formula is C24H28ClN3O4S. The third-order valence-corrected chi connectivity index (χ3v) is 7.62. The average Bonchev–Trinajstić information content (AvgIpc) is 3.05.